The van der Waals surface area contributed by atoms with Gasteiger partial charge in [0.2, 0.25) is 0 Å². The van der Waals surface area contributed by atoms with Crippen LogP contribution in [0.4, 0.5) is 13.2 Å². The minimum absolute atomic E-state index is 0.259. The molecule has 2 nitrogen and oxygen atoms in total. The zero-order valence-corrected chi connectivity index (χ0v) is 12.2. The Balaban J connectivity index is 1.81. The van der Waals surface area contributed by atoms with Crippen molar-refractivity contribution in [2.24, 2.45) is 0 Å². The third-order valence-corrected chi connectivity index (χ3v) is 3.67. The van der Waals surface area contributed by atoms with Crippen molar-refractivity contribution in [1.29, 1.82) is 0 Å². The van der Waals surface area contributed by atoms with Gasteiger partial charge in [0, 0.05) is 4.47 Å². The molecule has 0 fully saturated rings. The van der Waals surface area contributed by atoms with E-state index >= 15 is 0 Å². The van der Waals surface area contributed by atoms with Gasteiger partial charge in [0.05, 0.1) is 5.56 Å². The maximum Gasteiger partial charge on any atom is 0.416 e. The minimum Gasteiger partial charge on any atom is -0.485 e. The molecule has 0 aliphatic carbocycles. The fourth-order valence-corrected chi connectivity index (χ4v) is 2.44. The second-order valence-corrected chi connectivity index (χ2v) is 5.54. The Morgan fingerprint density at radius 3 is 2.38 bits per heavy atom. The van der Waals surface area contributed by atoms with E-state index in [1.807, 2.05) is 6.07 Å². The Labute approximate surface area is 127 Å². The molecule has 1 aliphatic rings. The third kappa shape index (κ3) is 3.00. The van der Waals surface area contributed by atoms with Crippen LogP contribution >= 0.6 is 15.9 Å². The molecular formula is C15H10BrF3O2. The molecule has 1 aliphatic heterocycles. The molecule has 0 N–H and O–H groups in total. The molecule has 0 saturated heterocycles. The summed E-state index contributed by atoms with van der Waals surface area (Å²) in [5, 5.41) is 0. The summed E-state index contributed by atoms with van der Waals surface area (Å²) >= 11 is 3.33. The Hall–Kier alpha value is -1.69. The van der Waals surface area contributed by atoms with E-state index in [1.165, 1.54) is 12.1 Å². The lowest BCUT2D eigenvalue weighted by molar-refractivity contribution is -0.137. The van der Waals surface area contributed by atoms with Crippen molar-refractivity contribution in [3.63, 3.8) is 0 Å². The highest BCUT2D eigenvalue weighted by Crippen LogP contribution is 2.38. The van der Waals surface area contributed by atoms with Crippen LogP contribution in [0.2, 0.25) is 0 Å². The maximum atomic E-state index is 12.5. The van der Waals surface area contributed by atoms with Crippen molar-refractivity contribution in [3.8, 4) is 11.5 Å². The van der Waals surface area contributed by atoms with Gasteiger partial charge in [-0.25, -0.2) is 0 Å². The molecule has 1 atom stereocenters. The largest absolute Gasteiger partial charge is 0.485 e. The van der Waals surface area contributed by atoms with Crippen LogP contribution in [0.25, 0.3) is 0 Å². The summed E-state index contributed by atoms with van der Waals surface area (Å²) in [6.07, 6.45) is -4.75. The fourth-order valence-electron chi connectivity index (χ4n) is 2.10. The smallest absolute Gasteiger partial charge is 0.416 e. The van der Waals surface area contributed by atoms with E-state index < -0.39 is 17.8 Å². The molecule has 1 unspecified atom stereocenters. The van der Waals surface area contributed by atoms with E-state index in [4.69, 9.17) is 9.47 Å². The first-order chi connectivity index (χ1) is 9.93. The molecule has 0 bridgehead atoms. The van der Waals surface area contributed by atoms with Gasteiger partial charge in [-0.3, -0.25) is 0 Å². The van der Waals surface area contributed by atoms with Crippen molar-refractivity contribution in [2.75, 3.05) is 6.61 Å². The van der Waals surface area contributed by atoms with Crippen LogP contribution in [0.5, 0.6) is 11.5 Å². The van der Waals surface area contributed by atoms with Crippen molar-refractivity contribution in [3.05, 3.63) is 58.1 Å². The Kier molecular flexibility index (Phi) is 3.57. The van der Waals surface area contributed by atoms with Crippen LogP contribution in [0.1, 0.15) is 17.2 Å². The summed E-state index contributed by atoms with van der Waals surface area (Å²) in [7, 11) is 0. The highest BCUT2D eigenvalue weighted by molar-refractivity contribution is 9.10. The summed E-state index contributed by atoms with van der Waals surface area (Å²) < 4.78 is 49.8. The monoisotopic (exact) mass is 358 g/mol. The SMILES string of the molecule is FC(F)(F)c1ccc(C2COc3cc(Br)ccc3O2)cc1. The zero-order valence-electron chi connectivity index (χ0n) is 10.7. The summed E-state index contributed by atoms with van der Waals surface area (Å²) in [6, 6.07) is 10.3. The summed E-state index contributed by atoms with van der Waals surface area (Å²) in [5.41, 5.74) is -0.0242. The molecule has 1 heterocycles. The van der Waals surface area contributed by atoms with Gasteiger partial charge in [0.25, 0.3) is 0 Å². The number of alkyl halides is 3. The Morgan fingerprint density at radius 2 is 1.71 bits per heavy atom. The van der Waals surface area contributed by atoms with Crippen molar-refractivity contribution < 1.29 is 22.6 Å². The molecule has 3 rings (SSSR count). The molecule has 21 heavy (non-hydrogen) atoms. The number of ether oxygens (including phenoxy) is 2. The van der Waals surface area contributed by atoms with Crippen molar-refractivity contribution in [2.45, 2.75) is 12.3 Å². The van der Waals surface area contributed by atoms with E-state index in [0.717, 1.165) is 16.6 Å². The highest BCUT2D eigenvalue weighted by Gasteiger charge is 2.31. The highest BCUT2D eigenvalue weighted by atomic mass is 79.9. The van der Waals surface area contributed by atoms with Gasteiger partial charge in [0.15, 0.2) is 17.6 Å². The quantitative estimate of drug-likeness (QED) is 0.715. The molecule has 2 aromatic carbocycles. The van der Waals surface area contributed by atoms with Gasteiger partial charge in [0.1, 0.15) is 6.61 Å². The van der Waals surface area contributed by atoms with Gasteiger partial charge in [-0.1, -0.05) is 28.1 Å². The van der Waals surface area contributed by atoms with Gasteiger partial charge >= 0.3 is 6.18 Å². The van der Waals surface area contributed by atoms with E-state index in [1.54, 1.807) is 12.1 Å². The van der Waals surface area contributed by atoms with Crippen molar-refractivity contribution >= 4 is 15.9 Å². The number of hydrogen-bond donors (Lipinski definition) is 0. The number of fused-ring (bicyclic) bond motifs is 1. The molecule has 0 radical (unpaired) electrons. The molecule has 110 valence electrons. The lowest BCUT2D eigenvalue weighted by Crippen LogP contribution is -2.21. The lowest BCUT2D eigenvalue weighted by Gasteiger charge is -2.27. The fraction of sp³-hybridized carbons (Fsp3) is 0.200. The average Bonchev–Trinajstić information content (AvgIpc) is 2.46. The van der Waals surface area contributed by atoms with E-state index in [0.29, 0.717) is 17.1 Å². The van der Waals surface area contributed by atoms with E-state index in [2.05, 4.69) is 15.9 Å². The van der Waals surface area contributed by atoms with Crippen LogP contribution in [-0.2, 0) is 6.18 Å². The summed E-state index contributed by atoms with van der Waals surface area (Å²) in [6.45, 7) is 0.259. The van der Waals surface area contributed by atoms with Crippen LogP contribution in [0, 0.1) is 0 Å². The van der Waals surface area contributed by atoms with Crippen LogP contribution in [0.3, 0.4) is 0 Å². The van der Waals surface area contributed by atoms with Crippen LogP contribution in [0.15, 0.2) is 46.9 Å². The molecule has 2 aromatic rings. The van der Waals surface area contributed by atoms with Gasteiger partial charge in [-0.05, 0) is 35.9 Å². The first-order valence-corrected chi connectivity index (χ1v) is 6.99. The molecule has 6 heteroatoms. The molecule has 0 aromatic heterocycles. The Bertz CT molecular complexity index is 653. The topological polar surface area (TPSA) is 18.5 Å². The molecule has 0 amide bonds. The number of hydrogen-bond acceptors (Lipinski definition) is 2. The summed E-state index contributed by atoms with van der Waals surface area (Å²) in [5.74, 6) is 1.20. The lowest BCUT2D eigenvalue weighted by atomic mass is 10.1. The van der Waals surface area contributed by atoms with Gasteiger partial charge in [-0.15, -0.1) is 0 Å². The summed E-state index contributed by atoms with van der Waals surface area (Å²) in [4.78, 5) is 0. The normalized spacial score (nSPS) is 17.6. The van der Waals surface area contributed by atoms with E-state index in [9.17, 15) is 13.2 Å². The first kappa shape index (κ1) is 14.3. The second-order valence-electron chi connectivity index (χ2n) is 4.63. The molecular weight excluding hydrogens is 349 g/mol. The number of benzene rings is 2. The first-order valence-electron chi connectivity index (χ1n) is 6.19. The standard InChI is InChI=1S/C15H10BrF3O2/c16-11-5-6-12-13(7-11)20-8-14(21-12)9-1-3-10(4-2-9)15(17,18)19/h1-7,14H,8H2. The molecule has 0 spiro atoms. The van der Waals surface area contributed by atoms with Gasteiger partial charge < -0.3 is 9.47 Å². The molecule has 0 saturated carbocycles. The van der Waals surface area contributed by atoms with Crippen LogP contribution < -0.4 is 9.47 Å². The van der Waals surface area contributed by atoms with Gasteiger partial charge in [-0.2, -0.15) is 13.2 Å². The van der Waals surface area contributed by atoms with Crippen molar-refractivity contribution in [1.82, 2.24) is 0 Å². The Morgan fingerprint density at radius 1 is 1.00 bits per heavy atom. The number of rotatable bonds is 1. The second kappa shape index (κ2) is 5.26. The predicted molar refractivity (Wildman–Crippen MR) is 74.5 cm³/mol. The average molecular weight is 359 g/mol. The number of halogens is 4. The maximum absolute atomic E-state index is 12.5. The minimum atomic E-state index is -4.33. The van der Waals surface area contributed by atoms with E-state index in [-0.39, 0.29) is 6.61 Å². The third-order valence-electron chi connectivity index (χ3n) is 3.17. The van der Waals surface area contributed by atoms with Crippen LogP contribution in [-0.4, -0.2) is 6.61 Å². The predicted octanol–water partition coefficient (Wildman–Crippen LogP) is 4.98. The zero-order chi connectivity index (χ0) is 15.0.